The van der Waals surface area contributed by atoms with Crippen molar-refractivity contribution >= 4 is 17.7 Å². The number of rotatable bonds is 10. The minimum Gasteiger partial charge on any atom is -0.482 e. The number of aryl methyl sites for hydroxylation is 1. The second-order valence-electron chi connectivity index (χ2n) is 8.54. The quantitative estimate of drug-likeness (QED) is 0.302. The highest BCUT2D eigenvalue weighted by atomic mass is 32.2. The molecule has 0 radical (unpaired) electrons. The van der Waals surface area contributed by atoms with Gasteiger partial charge in [-0.15, -0.1) is 11.8 Å². The fourth-order valence-corrected chi connectivity index (χ4v) is 4.26. The topological polar surface area (TPSA) is 62.9 Å². The van der Waals surface area contributed by atoms with E-state index in [-0.39, 0.29) is 6.04 Å². The van der Waals surface area contributed by atoms with Crippen LogP contribution in [0.4, 0.5) is 13.2 Å². The molecule has 0 bridgehead atoms. The number of furan rings is 1. The Kier molecular flexibility index (Phi) is 8.56. The van der Waals surface area contributed by atoms with Crippen LogP contribution in [0.5, 0.6) is 5.75 Å². The lowest BCUT2D eigenvalue weighted by molar-refractivity contribution is -0.139. The Labute approximate surface area is 206 Å². The number of ether oxygens (including phenoxy) is 1. The summed E-state index contributed by atoms with van der Waals surface area (Å²) in [6, 6.07) is 12.7. The summed E-state index contributed by atoms with van der Waals surface area (Å²) in [5.74, 6) is 1.37. The van der Waals surface area contributed by atoms with Gasteiger partial charge in [0.1, 0.15) is 17.3 Å². The maximum Gasteiger partial charge on any atom is 0.416 e. The Morgan fingerprint density at radius 1 is 1.14 bits per heavy atom. The molecule has 0 aliphatic carbocycles. The van der Waals surface area contributed by atoms with Gasteiger partial charge in [0.15, 0.2) is 6.61 Å². The van der Waals surface area contributed by atoms with E-state index in [0.717, 1.165) is 33.9 Å². The van der Waals surface area contributed by atoms with Gasteiger partial charge in [0.05, 0.1) is 12.1 Å². The third-order valence-corrected chi connectivity index (χ3v) is 6.60. The Bertz CT molecular complexity index is 1160. The van der Waals surface area contributed by atoms with Crippen molar-refractivity contribution in [1.82, 2.24) is 4.90 Å². The smallest absolute Gasteiger partial charge is 0.416 e. The minimum atomic E-state index is -4.39. The number of carboxylic acid groups (broad SMARTS) is 1. The highest BCUT2D eigenvalue weighted by molar-refractivity contribution is 7.98. The van der Waals surface area contributed by atoms with Crippen LogP contribution in [0.2, 0.25) is 0 Å². The Morgan fingerprint density at radius 2 is 1.83 bits per heavy atom. The number of hydrogen-bond donors (Lipinski definition) is 1. The summed E-state index contributed by atoms with van der Waals surface area (Å²) in [5.41, 5.74) is 1.67. The van der Waals surface area contributed by atoms with Gasteiger partial charge in [-0.2, -0.15) is 13.2 Å². The lowest BCUT2D eigenvalue weighted by Gasteiger charge is -2.20. The van der Waals surface area contributed by atoms with Crippen LogP contribution in [-0.2, 0) is 23.3 Å². The average molecular weight is 508 g/mol. The average Bonchev–Trinajstić information content (AvgIpc) is 3.19. The standard InChI is InChI=1S/C26H28F3NO4S/c1-16(2)30(4)13-24-19(12-23(34-24)18-5-7-20(8-6-18)26(27,28)29)15-35-21-9-10-22(17(3)11-21)33-14-25(31)32/h5-12,16H,13-15H2,1-4H3,(H,31,32). The first kappa shape index (κ1) is 26.7. The van der Waals surface area contributed by atoms with E-state index in [4.69, 9.17) is 14.3 Å². The van der Waals surface area contributed by atoms with Crippen LogP contribution in [0.15, 0.2) is 57.8 Å². The molecule has 188 valence electrons. The molecule has 5 nitrogen and oxygen atoms in total. The molecule has 0 atom stereocenters. The van der Waals surface area contributed by atoms with E-state index in [9.17, 15) is 18.0 Å². The van der Waals surface area contributed by atoms with Crippen LogP contribution in [-0.4, -0.2) is 35.7 Å². The van der Waals surface area contributed by atoms with Gasteiger partial charge in [0.25, 0.3) is 0 Å². The summed E-state index contributed by atoms with van der Waals surface area (Å²) in [6.07, 6.45) is -4.39. The fourth-order valence-electron chi connectivity index (χ4n) is 3.27. The van der Waals surface area contributed by atoms with Crippen molar-refractivity contribution in [3.63, 3.8) is 0 Å². The molecule has 9 heteroatoms. The molecule has 0 saturated carbocycles. The van der Waals surface area contributed by atoms with Crippen molar-refractivity contribution in [2.24, 2.45) is 0 Å². The van der Waals surface area contributed by atoms with Crippen LogP contribution >= 0.6 is 11.8 Å². The zero-order chi connectivity index (χ0) is 25.8. The van der Waals surface area contributed by atoms with E-state index in [0.29, 0.717) is 29.4 Å². The molecule has 1 heterocycles. The number of nitrogens with zero attached hydrogens (tertiary/aromatic N) is 1. The van der Waals surface area contributed by atoms with Gasteiger partial charge in [-0.3, -0.25) is 4.90 Å². The fraction of sp³-hybridized carbons (Fsp3) is 0.346. The van der Waals surface area contributed by atoms with E-state index in [1.165, 1.54) is 12.1 Å². The minimum absolute atomic E-state index is 0.288. The number of halogens is 3. The van der Waals surface area contributed by atoms with Crippen LogP contribution in [0.3, 0.4) is 0 Å². The first-order valence-electron chi connectivity index (χ1n) is 11.0. The Morgan fingerprint density at radius 3 is 2.40 bits per heavy atom. The zero-order valence-electron chi connectivity index (χ0n) is 20.0. The van der Waals surface area contributed by atoms with Crippen LogP contribution in [0, 0.1) is 6.92 Å². The summed E-state index contributed by atoms with van der Waals surface area (Å²) in [6.45, 7) is 6.16. The van der Waals surface area contributed by atoms with Crippen LogP contribution < -0.4 is 4.74 Å². The number of carboxylic acids is 1. The van der Waals surface area contributed by atoms with Crippen molar-refractivity contribution in [3.8, 4) is 17.1 Å². The SMILES string of the molecule is Cc1cc(SCc2cc(-c3ccc(C(F)(F)F)cc3)oc2CN(C)C(C)C)ccc1OCC(=O)O. The molecule has 0 saturated heterocycles. The molecule has 1 aromatic heterocycles. The van der Waals surface area contributed by atoms with Crippen molar-refractivity contribution in [2.75, 3.05) is 13.7 Å². The molecule has 0 amide bonds. The monoisotopic (exact) mass is 507 g/mol. The summed E-state index contributed by atoms with van der Waals surface area (Å²) in [5, 5.41) is 8.80. The predicted octanol–water partition coefficient (Wildman–Crippen LogP) is 6.87. The zero-order valence-corrected chi connectivity index (χ0v) is 20.8. The van der Waals surface area contributed by atoms with E-state index in [1.807, 2.05) is 32.2 Å². The normalized spacial score (nSPS) is 11.9. The maximum absolute atomic E-state index is 12.9. The Balaban J connectivity index is 1.81. The molecule has 0 spiro atoms. The van der Waals surface area contributed by atoms with E-state index >= 15 is 0 Å². The van der Waals surface area contributed by atoms with E-state index < -0.39 is 24.3 Å². The van der Waals surface area contributed by atoms with Gasteiger partial charge in [-0.1, -0.05) is 12.1 Å². The first-order chi connectivity index (χ1) is 16.4. The molecular formula is C26H28F3NO4S. The van der Waals surface area contributed by atoms with Gasteiger partial charge in [-0.05, 0) is 69.8 Å². The second-order valence-corrected chi connectivity index (χ2v) is 9.59. The summed E-state index contributed by atoms with van der Waals surface area (Å²) < 4.78 is 50.2. The largest absolute Gasteiger partial charge is 0.482 e. The predicted molar refractivity (Wildman–Crippen MR) is 130 cm³/mol. The summed E-state index contributed by atoms with van der Waals surface area (Å²) in [4.78, 5) is 13.8. The lowest BCUT2D eigenvalue weighted by atomic mass is 10.1. The third kappa shape index (κ3) is 7.29. The van der Waals surface area contributed by atoms with Gasteiger partial charge in [-0.25, -0.2) is 4.79 Å². The second kappa shape index (κ2) is 11.2. The first-order valence-corrected chi connectivity index (χ1v) is 12.0. The molecule has 35 heavy (non-hydrogen) atoms. The van der Waals surface area contributed by atoms with Gasteiger partial charge in [0, 0.05) is 27.8 Å². The molecule has 0 aliphatic heterocycles. The summed E-state index contributed by atoms with van der Waals surface area (Å²) in [7, 11) is 1.99. The van der Waals surface area contributed by atoms with Crippen molar-refractivity contribution < 1.29 is 32.2 Å². The number of aliphatic carboxylic acids is 1. The van der Waals surface area contributed by atoms with E-state index in [1.54, 1.807) is 17.8 Å². The van der Waals surface area contributed by atoms with Crippen molar-refractivity contribution in [2.45, 2.75) is 50.2 Å². The highest BCUT2D eigenvalue weighted by Crippen LogP contribution is 2.35. The summed E-state index contributed by atoms with van der Waals surface area (Å²) >= 11 is 1.59. The number of benzene rings is 2. The molecule has 0 aliphatic rings. The van der Waals surface area contributed by atoms with Crippen LogP contribution in [0.25, 0.3) is 11.3 Å². The molecule has 3 aromatic rings. The molecule has 0 fully saturated rings. The molecule has 3 rings (SSSR count). The van der Waals surface area contributed by atoms with Crippen LogP contribution in [0.1, 0.15) is 36.3 Å². The molecular weight excluding hydrogens is 479 g/mol. The molecule has 0 unspecified atom stereocenters. The van der Waals surface area contributed by atoms with Gasteiger partial charge in [0.2, 0.25) is 0 Å². The lowest BCUT2D eigenvalue weighted by Crippen LogP contribution is -2.25. The maximum atomic E-state index is 12.9. The molecule has 1 N–H and O–H groups in total. The third-order valence-electron chi connectivity index (χ3n) is 5.56. The Hall–Kier alpha value is -2.91. The van der Waals surface area contributed by atoms with Gasteiger partial charge < -0.3 is 14.3 Å². The number of thioether (sulfide) groups is 1. The van der Waals surface area contributed by atoms with Gasteiger partial charge >= 0.3 is 12.1 Å². The molecule has 2 aromatic carbocycles. The van der Waals surface area contributed by atoms with Crippen molar-refractivity contribution in [1.29, 1.82) is 0 Å². The highest BCUT2D eigenvalue weighted by Gasteiger charge is 2.30. The number of alkyl halides is 3. The van der Waals surface area contributed by atoms with Crippen molar-refractivity contribution in [3.05, 3.63) is 71.0 Å². The number of hydrogen-bond acceptors (Lipinski definition) is 5. The van der Waals surface area contributed by atoms with E-state index in [2.05, 4.69) is 18.7 Å². The number of carbonyl (C=O) groups is 1.